The van der Waals surface area contributed by atoms with Gasteiger partial charge < -0.3 is 20.5 Å². The fourth-order valence-corrected chi connectivity index (χ4v) is 2.48. The molecule has 0 aliphatic carbocycles. The molecule has 0 saturated carbocycles. The van der Waals surface area contributed by atoms with Crippen molar-refractivity contribution >= 4 is 29.9 Å². The summed E-state index contributed by atoms with van der Waals surface area (Å²) in [5, 5.41) is 15.6. The van der Waals surface area contributed by atoms with Gasteiger partial charge in [-0.05, 0) is 48.7 Å². The number of guanidine groups is 1. The van der Waals surface area contributed by atoms with Gasteiger partial charge in [-0.1, -0.05) is 18.2 Å². The van der Waals surface area contributed by atoms with Crippen LogP contribution in [0.15, 0.2) is 47.5 Å². The van der Waals surface area contributed by atoms with Crippen LogP contribution in [0.2, 0.25) is 0 Å². The molecule has 0 bridgehead atoms. The molecule has 0 unspecified atom stereocenters. The van der Waals surface area contributed by atoms with Gasteiger partial charge in [0.15, 0.2) is 5.96 Å². The van der Waals surface area contributed by atoms with Gasteiger partial charge in [0.2, 0.25) is 0 Å². The normalized spacial score (nSPS) is 10.9. The number of methoxy groups -OCH3 is 1. The average Bonchev–Trinajstić information content (AvgIpc) is 2.67. The Labute approximate surface area is 177 Å². The van der Waals surface area contributed by atoms with Crippen molar-refractivity contribution < 1.29 is 14.2 Å². The SMILES string of the molecule is CCNC(=NCc1ccc(F)c(CO)c1)NCCc1ccc(OC)cc1.I. The number of ether oxygens (including phenoxy) is 1. The number of nitrogens with one attached hydrogen (secondary N) is 2. The van der Waals surface area contributed by atoms with Crippen LogP contribution >= 0.6 is 24.0 Å². The standard InChI is InChI=1S/C20H26FN3O2.HI/c1-3-22-20(23-11-10-15-4-7-18(26-2)8-5-15)24-13-16-6-9-19(21)17(12-16)14-25;/h4-9,12,25H,3,10-11,13-14H2,1-2H3,(H2,22,23,24);1H. The third-order valence-corrected chi connectivity index (χ3v) is 3.91. The highest BCUT2D eigenvalue weighted by Crippen LogP contribution is 2.12. The van der Waals surface area contributed by atoms with Crippen LogP contribution in [0.5, 0.6) is 5.75 Å². The maximum absolute atomic E-state index is 13.4. The minimum absolute atomic E-state index is 0. The number of benzene rings is 2. The molecule has 7 heteroatoms. The molecule has 0 atom stereocenters. The van der Waals surface area contributed by atoms with Crippen LogP contribution < -0.4 is 15.4 Å². The maximum Gasteiger partial charge on any atom is 0.191 e. The Bertz CT molecular complexity index is 724. The van der Waals surface area contributed by atoms with Crippen molar-refractivity contribution in [1.82, 2.24) is 10.6 Å². The molecule has 148 valence electrons. The molecule has 0 saturated heterocycles. The van der Waals surface area contributed by atoms with Gasteiger partial charge >= 0.3 is 0 Å². The van der Waals surface area contributed by atoms with E-state index in [1.165, 1.54) is 11.6 Å². The van der Waals surface area contributed by atoms with E-state index in [1.807, 2.05) is 31.2 Å². The summed E-state index contributed by atoms with van der Waals surface area (Å²) in [6.07, 6.45) is 0.861. The number of aliphatic imine (C=N–C) groups is 1. The van der Waals surface area contributed by atoms with Crippen LogP contribution in [0, 0.1) is 5.82 Å². The van der Waals surface area contributed by atoms with Gasteiger partial charge in [-0.3, -0.25) is 0 Å². The minimum Gasteiger partial charge on any atom is -0.497 e. The Morgan fingerprint density at radius 2 is 1.81 bits per heavy atom. The van der Waals surface area contributed by atoms with Crippen LogP contribution in [0.1, 0.15) is 23.6 Å². The summed E-state index contributed by atoms with van der Waals surface area (Å²) >= 11 is 0. The van der Waals surface area contributed by atoms with E-state index in [1.54, 1.807) is 19.2 Å². The second kappa shape index (κ2) is 12.5. The second-order valence-corrected chi connectivity index (χ2v) is 5.80. The first kappa shape index (κ1) is 23.2. The Hall–Kier alpha value is -1.87. The Kier molecular flexibility index (Phi) is 10.7. The summed E-state index contributed by atoms with van der Waals surface area (Å²) in [7, 11) is 1.65. The molecule has 2 aromatic rings. The lowest BCUT2D eigenvalue weighted by molar-refractivity contribution is 0.275. The molecule has 0 amide bonds. The maximum atomic E-state index is 13.4. The molecule has 0 heterocycles. The van der Waals surface area contributed by atoms with Crippen LogP contribution in [0.3, 0.4) is 0 Å². The predicted octanol–water partition coefficient (Wildman–Crippen LogP) is 3.24. The largest absolute Gasteiger partial charge is 0.497 e. The highest BCUT2D eigenvalue weighted by molar-refractivity contribution is 14.0. The third kappa shape index (κ3) is 7.72. The minimum atomic E-state index is -0.398. The van der Waals surface area contributed by atoms with E-state index in [-0.39, 0.29) is 36.1 Å². The van der Waals surface area contributed by atoms with Crippen molar-refractivity contribution in [3.05, 3.63) is 65.0 Å². The number of hydrogen-bond donors (Lipinski definition) is 3. The van der Waals surface area contributed by atoms with Crippen LogP contribution in [0.4, 0.5) is 4.39 Å². The average molecular weight is 487 g/mol. The highest BCUT2D eigenvalue weighted by atomic mass is 127. The monoisotopic (exact) mass is 487 g/mol. The zero-order valence-corrected chi connectivity index (χ0v) is 18.0. The lowest BCUT2D eigenvalue weighted by Gasteiger charge is -2.12. The van der Waals surface area contributed by atoms with Crippen LogP contribution in [0.25, 0.3) is 0 Å². The van der Waals surface area contributed by atoms with Gasteiger partial charge in [-0.15, -0.1) is 24.0 Å². The quantitative estimate of drug-likeness (QED) is 0.304. The summed E-state index contributed by atoms with van der Waals surface area (Å²) in [5.41, 5.74) is 2.35. The fourth-order valence-electron chi connectivity index (χ4n) is 2.48. The smallest absolute Gasteiger partial charge is 0.191 e. The Morgan fingerprint density at radius 1 is 1.11 bits per heavy atom. The summed E-state index contributed by atoms with van der Waals surface area (Å²) < 4.78 is 18.6. The zero-order valence-electron chi connectivity index (χ0n) is 15.7. The van der Waals surface area contributed by atoms with Gasteiger partial charge in [-0.25, -0.2) is 9.38 Å². The van der Waals surface area contributed by atoms with E-state index in [2.05, 4.69) is 15.6 Å². The van der Waals surface area contributed by atoms with Crippen molar-refractivity contribution in [1.29, 1.82) is 0 Å². The molecule has 0 aliphatic rings. The first-order valence-electron chi connectivity index (χ1n) is 8.69. The van der Waals surface area contributed by atoms with Crippen molar-refractivity contribution in [2.24, 2.45) is 4.99 Å². The topological polar surface area (TPSA) is 65.9 Å². The van der Waals surface area contributed by atoms with E-state index in [9.17, 15) is 4.39 Å². The second-order valence-electron chi connectivity index (χ2n) is 5.80. The molecule has 0 fully saturated rings. The number of halogens is 2. The summed E-state index contributed by atoms with van der Waals surface area (Å²) in [6.45, 7) is 3.58. The van der Waals surface area contributed by atoms with Crippen molar-refractivity contribution in [3.63, 3.8) is 0 Å². The van der Waals surface area contributed by atoms with Crippen LogP contribution in [-0.4, -0.2) is 31.3 Å². The van der Waals surface area contributed by atoms with Gasteiger partial charge in [0, 0.05) is 18.7 Å². The molecule has 0 radical (unpaired) electrons. The van der Waals surface area contributed by atoms with Crippen molar-refractivity contribution in [2.45, 2.75) is 26.5 Å². The molecule has 27 heavy (non-hydrogen) atoms. The molecule has 0 spiro atoms. The van der Waals surface area contributed by atoms with Crippen molar-refractivity contribution in [2.75, 3.05) is 20.2 Å². The van der Waals surface area contributed by atoms with Gasteiger partial charge in [0.1, 0.15) is 11.6 Å². The van der Waals surface area contributed by atoms with Gasteiger partial charge in [-0.2, -0.15) is 0 Å². The third-order valence-electron chi connectivity index (χ3n) is 3.91. The fraction of sp³-hybridized carbons (Fsp3) is 0.350. The number of aliphatic hydroxyl groups excluding tert-OH is 1. The molecule has 0 aliphatic heterocycles. The number of nitrogens with zero attached hydrogens (tertiary/aromatic N) is 1. The Balaban J connectivity index is 0.00000364. The number of aliphatic hydroxyl groups is 1. The van der Waals surface area contributed by atoms with E-state index in [0.29, 0.717) is 12.5 Å². The highest BCUT2D eigenvalue weighted by Gasteiger charge is 2.03. The lowest BCUT2D eigenvalue weighted by atomic mass is 10.1. The van der Waals surface area contributed by atoms with Gasteiger partial charge in [0.05, 0.1) is 20.3 Å². The summed E-state index contributed by atoms with van der Waals surface area (Å²) in [6, 6.07) is 12.7. The first-order valence-corrected chi connectivity index (χ1v) is 8.69. The molecular weight excluding hydrogens is 460 g/mol. The van der Waals surface area contributed by atoms with Crippen molar-refractivity contribution in [3.8, 4) is 5.75 Å². The van der Waals surface area contributed by atoms with Gasteiger partial charge in [0.25, 0.3) is 0 Å². The Morgan fingerprint density at radius 3 is 2.44 bits per heavy atom. The summed E-state index contributed by atoms with van der Waals surface area (Å²) in [5.74, 6) is 1.15. The molecule has 5 nitrogen and oxygen atoms in total. The van der Waals surface area contributed by atoms with E-state index in [4.69, 9.17) is 9.84 Å². The van der Waals surface area contributed by atoms with Crippen LogP contribution in [-0.2, 0) is 19.6 Å². The molecule has 0 aromatic heterocycles. The molecular formula is C20H27FIN3O2. The number of rotatable bonds is 8. The molecule has 2 aromatic carbocycles. The predicted molar refractivity (Wildman–Crippen MR) is 117 cm³/mol. The molecule has 3 N–H and O–H groups in total. The lowest BCUT2D eigenvalue weighted by Crippen LogP contribution is -2.38. The first-order chi connectivity index (χ1) is 12.7. The number of hydrogen-bond acceptors (Lipinski definition) is 3. The zero-order chi connectivity index (χ0) is 18.8. The van der Waals surface area contributed by atoms with E-state index in [0.717, 1.165) is 30.8 Å². The summed E-state index contributed by atoms with van der Waals surface area (Å²) in [4.78, 5) is 4.52. The van der Waals surface area contributed by atoms with E-state index < -0.39 is 5.82 Å². The van der Waals surface area contributed by atoms with E-state index >= 15 is 0 Å². The molecule has 2 rings (SSSR count).